The molecular formula is C16H11BrClN3. The molecule has 0 bridgehead atoms. The SMILES string of the molecule is Cl.N#Cc1cnc2ccccc2c1Nc1ccc(Br)cc1. The molecule has 0 aliphatic rings. The summed E-state index contributed by atoms with van der Waals surface area (Å²) in [7, 11) is 0. The number of nitrogens with one attached hydrogen (secondary N) is 1. The van der Waals surface area contributed by atoms with Crippen LogP contribution in [0.5, 0.6) is 0 Å². The minimum atomic E-state index is 0. The zero-order chi connectivity index (χ0) is 13.9. The van der Waals surface area contributed by atoms with Gasteiger partial charge in [0.15, 0.2) is 0 Å². The highest BCUT2D eigenvalue weighted by atomic mass is 79.9. The van der Waals surface area contributed by atoms with Gasteiger partial charge in [-0.1, -0.05) is 34.1 Å². The van der Waals surface area contributed by atoms with E-state index in [1.165, 1.54) is 0 Å². The van der Waals surface area contributed by atoms with Crippen molar-refractivity contribution in [2.24, 2.45) is 0 Å². The lowest BCUT2D eigenvalue weighted by molar-refractivity contribution is 1.36. The Bertz CT molecular complexity index is 810. The van der Waals surface area contributed by atoms with Crippen molar-refractivity contribution in [2.45, 2.75) is 0 Å². The van der Waals surface area contributed by atoms with Gasteiger partial charge in [0, 0.05) is 21.7 Å². The minimum absolute atomic E-state index is 0. The minimum Gasteiger partial charge on any atom is -0.354 e. The van der Waals surface area contributed by atoms with E-state index >= 15 is 0 Å². The molecule has 5 heteroatoms. The van der Waals surface area contributed by atoms with Gasteiger partial charge in [0.2, 0.25) is 0 Å². The summed E-state index contributed by atoms with van der Waals surface area (Å²) in [5.74, 6) is 0. The van der Waals surface area contributed by atoms with Gasteiger partial charge in [0.05, 0.1) is 16.8 Å². The maximum Gasteiger partial charge on any atom is 0.103 e. The predicted octanol–water partition coefficient (Wildman–Crippen LogP) is 5.03. The lowest BCUT2D eigenvalue weighted by atomic mass is 10.1. The number of fused-ring (bicyclic) bond motifs is 1. The molecule has 0 atom stereocenters. The molecule has 0 fully saturated rings. The maximum absolute atomic E-state index is 9.26. The van der Waals surface area contributed by atoms with Crippen LogP contribution in [0.15, 0.2) is 59.2 Å². The highest BCUT2D eigenvalue weighted by Gasteiger charge is 2.08. The zero-order valence-corrected chi connectivity index (χ0v) is 13.3. The van der Waals surface area contributed by atoms with Gasteiger partial charge in [-0.3, -0.25) is 4.98 Å². The van der Waals surface area contributed by atoms with Crippen molar-refractivity contribution in [3.63, 3.8) is 0 Å². The van der Waals surface area contributed by atoms with Crippen LogP contribution < -0.4 is 5.32 Å². The molecule has 0 aliphatic heterocycles. The summed E-state index contributed by atoms with van der Waals surface area (Å²) < 4.78 is 1.02. The molecule has 2 aromatic carbocycles. The molecule has 1 N–H and O–H groups in total. The molecule has 0 radical (unpaired) electrons. The topological polar surface area (TPSA) is 48.7 Å². The molecule has 0 aliphatic carbocycles. The number of aromatic nitrogens is 1. The van der Waals surface area contributed by atoms with Gasteiger partial charge in [-0.2, -0.15) is 5.26 Å². The first kappa shape index (κ1) is 15.3. The molecule has 0 saturated carbocycles. The molecule has 1 aromatic heterocycles. The van der Waals surface area contributed by atoms with E-state index in [1.54, 1.807) is 6.20 Å². The summed E-state index contributed by atoms with van der Waals surface area (Å²) in [6, 6.07) is 17.8. The Balaban J connectivity index is 0.00000161. The quantitative estimate of drug-likeness (QED) is 0.697. The molecule has 0 unspecified atom stereocenters. The first-order valence-corrected chi connectivity index (χ1v) is 6.87. The summed E-state index contributed by atoms with van der Waals surface area (Å²) in [4.78, 5) is 4.30. The van der Waals surface area contributed by atoms with Gasteiger partial charge in [0.25, 0.3) is 0 Å². The van der Waals surface area contributed by atoms with Crippen LogP contribution in [0, 0.1) is 11.3 Å². The molecule has 21 heavy (non-hydrogen) atoms. The summed E-state index contributed by atoms with van der Waals surface area (Å²) in [6.45, 7) is 0. The van der Waals surface area contributed by atoms with Crippen LogP contribution in [-0.2, 0) is 0 Å². The van der Waals surface area contributed by atoms with Crippen LogP contribution in [-0.4, -0.2) is 4.98 Å². The molecule has 3 nitrogen and oxygen atoms in total. The second-order valence-electron chi connectivity index (χ2n) is 4.31. The Morgan fingerprint density at radius 1 is 1.05 bits per heavy atom. The van der Waals surface area contributed by atoms with Crippen LogP contribution in [0.3, 0.4) is 0 Å². The monoisotopic (exact) mass is 359 g/mol. The largest absolute Gasteiger partial charge is 0.354 e. The average Bonchev–Trinajstić information content (AvgIpc) is 2.50. The highest BCUT2D eigenvalue weighted by Crippen LogP contribution is 2.28. The van der Waals surface area contributed by atoms with Crippen LogP contribution in [0.2, 0.25) is 0 Å². The van der Waals surface area contributed by atoms with E-state index in [0.717, 1.165) is 26.8 Å². The molecule has 3 aromatic rings. The fourth-order valence-electron chi connectivity index (χ4n) is 2.04. The molecule has 1 heterocycles. The van der Waals surface area contributed by atoms with E-state index in [9.17, 15) is 5.26 Å². The second-order valence-corrected chi connectivity index (χ2v) is 5.22. The normalized spacial score (nSPS) is 9.71. The Morgan fingerprint density at radius 2 is 1.76 bits per heavy atom. The van der Waals surface area contributed by atoms with Crippen molar-refractivity contribution in [1.82, 2.24) is 4.98 Å². The lowest BCUT2D eigenvalue weighted by Crippen LogP contribution is -1.96. The first-order valence-electron chi connectivity index (χ1n) is 6.08. The van der Waals surface area contributed by atoms with E-state index in [-0.39, 0.29) is 12.4 Å². The van der Waals surface area contributed by atoms with Gasteiger partial charge in [-0.25, -0.2) is 0 Å². The van der Waals surface area contributed by atoms with Gasteiger partial charge in [-0.15, -0.1) is 12.4 Å². The third-order valence-corrected chi connectivity index (χ3v) is 3.54. The fraction of sp³-hybridized carbons (Fsp3) is 0. The van der Waals surface area contributed by atoms with E-state index in [4.69, 9.17) is 0 Å². The Morgan fingerprint density at radius 3 is 2.48 bits per heavy atom. The molecule has 0 spiro atoms. The number of hydrogen-bond donors (Lipinski definition) is 1. The standard InChI is InChI=1S/C16H10BrN3.ClH/c17-12-5-7-13(8-6-12)20-16-11(9-18)10-19-15-4-2-1-3-14(15)16;/h1-8,10H,(H,19,20);1H. The summed E-state index contributed by atoms with van der Waals surface area (Å²) >= 11 is 3.41. The van der Waals surface area contributed by atoms with Crippen LogP contribution in [0.1, 0.15) is 5.56 Å². The first-order chi connectivity index (χ1) is 9.78. The maximum atomic E-state index is 9.26. The number of nitriles is 1. The Hall–Kier alpha value is -2.09. The third kappa shape index (κ3) is 3.15. The van der Waals surface area contributed by atoms with E-state index in [1.807, 2.05) is 48.5 Å². The number of hydrogen-bond acceptors (Lipinski definition) is 3. The van der Waals surface area contributed by atoms with E-state index in [2.05, 4.69) is 32.3 Å². The lowest BCUT2D eigenvalue weighted by Gasteiger charge is -2.11. The van der Waals surface area contributed by atoms with Gasteiger partial charge >= 0.3 is 0 Å². The highest BCUT2D eigenvalue weighted by molar-refractivity contribution is 9.10. The Labute approximate surface area is 137 Å². The van der Waals surface area contributed by atoms with Crippen LogP contribution >= 0.6 is 28.3 Å². The van der Waals surface area contributed by atoms with Crippen molar-refractivity contribution < 1.29 is 0 Å². The van der Waals surface area contributed by atoms with Gasteiger partial charge < -0.3 is 5.32 Å². The number of pyridine rings is 1. The average molecular weight is 361 g/mol. The number of halogens is 2. The van der Waals surface area contributed by atoms with Crippen molar-refractivity contribution in [2.75, 3.05) is 5.32 Å². The van der Waals surface area contributed by atoms with Crippen molar-refractivity contribution >= 4 is 50.6 Å². The number of benzene rings is 2. The summed E-state index contributed by atoms with van der Waals surface area (Å²) in [6.07, 6.45) is 1.60. The third-order valence-electron chi connectivity index (χ3n) is 3.01. The predicted molar refractivity (Wildman–Crippen MR) is 91.1 cm³/mol. The molecule has 0 amide bonds. The molecule has 3 rings (SSSR count). The fourth-order valence-corrected chi connectivity index (χ4v) is 2.30. The second kappa shape index (κ2) is 6.57. The molecular weight excluding hydrogens is 350 g/mol. The van der Waals surface area contributed by atoms with E-state index in [0.29, 0.717) is 5.56 Å². The molecule has 0 saturated heterocycles. The summed E-state index contributed by atoms with van der Waals surface area (Å²) in [5.41, 5.74) is 3.12. The smallest absolute Gasteiger partial charge is 0.103 e. The number of para-hydroxylation sites is 1. The van der Waals surface area contributed by atoms with E-state index < -0.39 is 0 Å². The zero-order valence-electron chi connectivity index (χ0n) is 10.9. The van der Waals surface area contributed by atoms with Crippen LogP contribution in [0.4, 0.5) is 11.4 Å². The number of nitrogens with zero attached hydrogens (tertiary/aromatic N) is 2. The van der Waals surface area contributed by atoms with Crippen molar-refractivity contribution in [1.29, 1.82) is 5.26 Å². The van der Waals surface area contributed by atoms with Gasteiger partial charge in [-0.05, 0) is 30.3 Å². The van der Waals surface area contributed by atoms with Gasteiger partial charge in [0.1, 0.15) is 6.07 Å². The number of rotatable bonds is 2. The van der Waals surface area contributed by atoms with Crippen LogP contribution in [0.25, 0.3) is 10.9 Å². The molecule has 104 valence electrons. The number of anilines is 2. The van der Waals surface area contributed by atoms with Crippen molar-refractivity contribution in [3.05, 3.63) is 64.8 Å². The van der Waals surface area contributed by atoms with Crippen molar-refractivity contribution in [3.8, 4) is 6.07 Å². The Kier molecular flexibility index (Phi) is 4.79. The summed E-state index contributed by atoms with van der Waals surface area (Å²) in [5, 5.41) is 13.5.